The van der Waals surface area contributed by atoms with Gasteiger partial charge in [0, 0.05) is 5.92 Å². The van der Waals surface area contributed by atoms with Gasteiger partial charge in [0.25, 0.3) is 0 Å². The highest BCUT2D eigenvalue weighted by atomic mass is 32.1. The van der Waals surface area contributed by atoms with Crippen molar-refractivity contribution in [2.75, 3.05) is 12.4 Å². The summed E-state index contributed by atoms with van der Waals surface area (Å²) in [7, 11) is 1.28. The number of rotatable bonds is 3. The van der Waals surface area contributed by atoms with Gasteiger partial charge in [-0.2, -0.15) is 13.2 Å². The highest BCUT2D eigenvalue weighted by molar-refractivity contribution is 7.15. The zero-order valence-electron chi connectivity index (χ0n) is 11.6. The third kappa shape index (κ3) is 3.93. The van der Waals surface area contributed by atoms with Gasteiger partial charge in [-0.25, -0.2) is 0 Å². The van der Waals surface area contributed by atoms with Gasteiger partial charge in [-0.3, -0.25) is 9.59 Å². The molecule has 1 aromatic rings. The van der Waals surface area contributed by atoms with Crippen LogP contribution in [-0.4, -0.2) is 29.2 Å². The zero-order valence-corrected chi connectivity index (χ0v) is 12.5. The Hall–Kier alpha value is -1.71. The van der Waals surface area contributed by atoms with Gasteiger partial charge in [-0.15, -0.1) is 10.2 Å². The molecular formula is C12H14F3N3O3S. The van der Waals surface area contributed by atoms with Crippen molar-refractivity contribution in [1.82, 2.24) is 10.2 Å². The fourth-order valence-corrected chi connectivity index (χ4v) is 3.02. The van der Waals surface area contributed by atoms with Gasteiger partial charge < -0.3 is 10.1 Å². The van der Waals surface area contributed by atoms with Crippen molar-refractivity contribution in [3.63, 3.8) is 0 Å². The summed E-state index contributed by atoms with van der Waals surface area (Å²) in [5.41, 5.74) is 0. The first-order valence-electron chi connectivity index (χ1n) is 6.60. The molecular weight excluding hydrogens is 323 g/mol. The number of ether oxygens (including phenoxy) is 1. The number of amides is 1. The van der Waals surface area contributed by atoms with Crippen molar-refractivity contribution in [2.24, 2.45) is 11.8 Å². The Labute approximate surface area is 128 Å². The Kier molecular flexibility index (Phi) is 4.99. The number of halogens is 3. The van der Waals surface area contributed by atoms with Crippen molar-refractivity contribution in [3.8, 4) is 0 Å². The van der Waals surface area contributed by atoms with Crippen LogP contribution >= 0.6 is 11.3 Å². The predicted molar refractivity (Wildman–Crippen MR) is 71.0 cm³/mol. The van der Waals surface area contributed by atoms with E-state index in [1.807, 2.05) is 0 Å². The van der Waals surface area contributed by atoms with E-state index in [1.165, 1.54) is 7.11 Å². The highest BCUT2D eigenvalue weighted by Crippen LogP contribution is 2.34. The lowest BCUT2D eigenvalue weighted by atomic mass is 9.81. The Bertz CT molecular complexity index is 561. The molecule has 1 aliphatic carbocycles. The second-order valence-electron chi connectivity index (χ2n) is 4.98. The number of hydrogen-bond donors (Lipinski definition) is 1. The molecule has 1 saturated carbocycles. The van der Waals surface area contributed by atoms with Crippen LogP contribution in [0.15, 0.2) is 0 Å². The standard InChI is InChI=1S/C12H14F3N3O3S/c1-21-9(20)7-4-2-3-6(5-7)8(19)16-11-18-17-10(22-11)12(13,14)15/h6-7H,2-5H2,1H3,(H,16,18,19). The average Bonchev–Trinajstić information content (AvgIpc) is 2.95. The molecule has 1 fully saturated rings. The highest BCUT2D eigenvalue weighted by Gasteiger charge is 2.36. The first-order valence-corrected chi connectivity index (χ1v) is 7.42. The molecule has 10 heteroatoms. The SMILES string of the molecule is COC(=O)C1CCCC(C(=O)Nc2nnc(C(F)(F)F)s2)C1. The molecule has 0 radical (unpaired) electrons. The Morgan fingerprint density at radius 1 is 1.27 bits per heavy atom. The molecule has 0 aromatic carbocycles. The van der Waals surface area contributed by atoms with Gasteiger partial charge in [0.2, 0.25) is 16.0 Å². The summed E-state index contributed by atoms with van der Waals surface area (Å²) in [5.74, 6) is -1.61. The smallest absolute Gasteiger partial charge is 0.445 e. The summed E-state index contributed by atoms with van der Waals surface area (Å²) >= 11 is 0.273. The van der Waals surface area contributed by atoms with E-state index in [4.69, 9.17) is 0 Å². The summed E-state index contributed by atoms with van der Waals surface area (Å²) in [6, 6.07) is 0. The number of carbonyl (C=O) groups is 2. The maximum Gasteiger partial charge on any atom is 0.445 e. The summed E-state index contributed by atoms with van der Waals surface area (Å²) in [4.78, 5) is 23.6. The molecule has 2 atom stereocenters. The van der Waals surface area contributed by atoms with E-state index in [2.05, 4.69) is 20.3 Å². The van der Waals surface area contributed by atoms with Crippen LogP contribution in [0.25, 0.3) is 0 Å². The Morgan fingerprint density at radius 2 is 1.95 bits per heavy atom. The van der Waals surface area contributed by atoms with Gasteiger partial charge in [0.15, 0.2) is 0 Å². The first kappa shape index (κ1) is 16.7. The third-order valence-electron chi connectivity index (χ3n) is 3.48. The molecule has 2 unspecified atom stereocenters. The molecule has 0 bridgehead atoms. The van der Waals surface area contributed by atoms with Crippen molar-refractivity contribution in [2.45, 2.75) is 31.9 Å². The summed E-state index contributed by atoms with van der Waals surface area (Å²) in [6.45, 7) is 0. The van der Waals surface area contributed by atoms with Crippen LogP contribution in [0.4, 0.5) is 18.3 Å². The largest absolute Gasteiger partial charge is 0.469 e. The number of nitrogens with one attached hydrogen (secondary N) is 1. The van der Waals surface area contributed by atoms with E-state index in [1.54, 1.807) is 0 Å². The second-order valence-corrected chi connectivity index (χ2v) is 5.96. The first-order chi connectivity index (χ1) is 10.3. The molecule has 0 aliphatic heterocycles. The van der Waals surface area contributed by atoms with E-state index in [9.17, 15) is 22.8 Å². The van der Waals surface area contributed by atoms with Crippen LogP contribution < -0.4 is 5.32 Å². The van der Waals surface area contributed by atoms with Crippen LogP contribution in [0.2, 0.25) is 0 Å². The third-order valence-corrected chi connectivity index (χ3v) is 4.36. The molecule has 122 valence electrons. The molecule has 1 aromatic heterocycles. The molecule has 1 aliphatic rings. The number of alkyl halides is 3. The minimum absolute atomic E-state index is 0.197. The molecule has 0 spiro atoms. The summed E-state index contributed by atoms with van der Waals surface area (Å²) < 4.78 is 41.9. The second kappa shape index (κ2) is 6.59. The molecule has 1 amide bonds. The lowest BCUT2D eigenvalue weighted by molar-refractivity contribution is -0.147. The van der Waals surface area contributed by atoms with Crippen LogP contribution in [0, 0.1) is 11.8 Å². The molecule has 2 rings (SSSR count). The number of hydrogen-bond acceptors (Lipinski definition) is 6. The minimum atomic E-state index is -4.58. The van der Waals surface area contributed by atoms with E-state index in [-0.39, 0.29) is 28.4 Å². The normalized spacial score (nSPS) is 22.2. The fourth-order valence-electron chi connectivity index (χ4n) is 2.40. The quantitative estimate of drug-likeness (QED) is 0.857. The predicted octanol–water partition coefficient (Wildman–Crippen LogP) is 2.47. The zero-order chi connectivity index (χ0) is 16.3. The number of nitrogens with zero attached hydrogens (tertiary/aromatic N) is 2. The number of anilines is 1. The number of methoxy groups -OCH3 is 1. The van der Waals surface area contributed by atoms with Crippen molar-refractivity contribution in [3.05, 3.63) is 5.01 Å². The lowest BCUT2D eigenvalue weighted by Crippen LogP contribution is -2.31. The molecule has 1 N–H and O–H groups in total. The maximum atomic E-state index is 12.4. The van der Waals surface area contributed by atoms with Crippen molar-refractivity contribution in [1.29, 1.82) is 0 Å². The number of aromatic nitrogens is 2. The molecule has 0 saturated heterocycles. The summed E-state index contributed by atoms with van der Waals surface area (Å²) in [6.07, 6.45) is -2.36. The van der Waals surface area contributed by atoms with Gasteiger partial charge in [-0.05, 0) is 19.3 Å². The Balaban J connectivity index is 1.97. The lowest BCUT2D eigenvalue weighted by Gasteiger charge is -2.26. The van der Waals surface area contributed by atoms with Crippen LogP contribution in [0.5, 0.6) is 0 Å². The topological polar surface area (TPSA) is 81.2 Å². The van der Waals surface area contributed by atoms with Crippen LogP contribution in [0.1, 0.15) is 30.7 Å². The van der Waals surface area contributed by atoms with Crippen molar-refractivity contribution >= 4 is 28.3 Å². The average molecular weight is 337 g/mol. The number of carbonyl (C=O) groups excluding carboxylic acids is 2. The van der Waals surface area contributed by atoms with Gasteiger partial charge in [-0.1, -0.05) is 17.8 Å². The van der Waals surface area contributed by atoms with E-state index >= 15 is 0 Å². The molecule has 6 nitrogen and oxygen atoms in total. The minimum Gasteiger partial charge on any atom is -0.469 e. The fraction of sp³-hybridized carbons (Fsp3) is 0.667. The van der Waals surface area contributed by atoms with E-state index in [0.29, 0.717) is 25.7 Å². The number of esters is 1. The monoisotopic (exact) mass is 337 g/mol. The van der Waals surface area contributed by atoms with Crippen molar-refractivity contribution < 1.29 is 27.5 Å². The maximum absolute atomic E-state index is 12.4. The van der Waals surface area contributed by atoms with Gasteiger partial charge in [0.1, 0.15) is 0 Å². The Morgan fingerprint density at radius 3 is 2.55 bits per heavy atom. The summed E-state index contributed by atoms with van der Waals surface area (Å²) in [5, 5.41) is 7.34. The molecule has 22 heavy (non-hydrogen) atoms. The van der Waals surface area contributed by atoms with E-state index in [0.717, 1.165) is 0 Å². The molecule has 1 heterocycles. The van der Waals surface area contributed by atoms with Crippen LogP contribution in [-0.2, 0) is 20.5 Å². The van der Waals surface area contributed by atoms with Gasteiger partial charge >= 0.3 is 12.1 Å². The van der Waals surface area contributed by atoms with E-state index < -0.39 is 23.0 Å². The van der Waals surface area contributed by atoms with Crippen LogP contribution in [0.3, 0.4) is 0 Å². The van der Waals surface area contributed by atoms with Gasteiger partial charge in [0.05, 0.1) is 13.0 Å².